The molecule has 4 aliphatic carbocycles. The van der Waals surface area contributed by atoms with Crippen molar-refractivity contribution in [3.63, 3.8) is 0 Å². The maximum atomic E-state index is 14.4. The fraction of sp³-hybridized carbons (Fsp3) is 0.708. The van der Waals surface area contributed by atoms with Gasteiger partial charge in [-0.05, 0) is 68.4 Å². The fourth-order valence-electron chi connectivity index (χ4n) is 7.79. The first-order valence-electron chi connectivity index (χ1n) is 11.0. The van der Waals surface area contributed by atoms with Crippen LogP contribution in [0.2, 0.25) is 0 Å². The van der Waals surface area contributed by atoms with Crippen LogP contribution in [0.3, 0.4) is 0 Å². The van der Waals surface area contributed by atoms with Crippen molar-refractivity contribution in [2.45, 2.75) is 62.7 Å². The number of nitrogens with one attached hydrogen (secondary N) is 1. The molecule has 0 aromatic heterocycles. The van der Waals surface area contributed by atoms with E-state index in [1.54, 1.807) is 0 Å². The van der Waals surface area contributed by atoms with E-state index in [9.17, 15) is 18.0 Å². The zero-order valence-corrected chi connectivity index (χ0v) is 16.9. The van der Waals surface area contributed by atoms with Crippen LogP contribution in [0.1, 0.15) is 56.9 Å². The number of carbonyl (C=O) groups is 1. The van der Waals surface area contributed by atoms with E-state index in [2.05, 4.69) is 17.4 Å². The number of carbonyl (C=O) groups excluding carboxylic acids is 1. The first kappa shape index (κ1) is 19.6. The van der Waals surface area contributed by atoms with Gasteiger partial charge in [0.1, 0.15) is 5.78 Å². The molecule has 5 aliphatic rings. The highest BCUT2D eigenvalue weighted by molar-refractivity contribution is 5.86. The molecule has 1 heterocycles. The van der Waals surface area contributed by atoms with Crippen LogP contribution in [0.4, 0.5) is 13.2 Å². The Labute approximate surface area is 170 Å². The second kappa shape index (κ2) is 6.57. The van der Waals surface area contributed by atoms with Crippen molar-refractivity contribution in [3.8, 4) is 0 Å². The topological polar surface area (TPSA) is 29.1 Å². The minimum Gasteiger partial charge on any atom is -0.311 e. The summed E-state index contributed by atoms with van der Waals surface area (Å²) in [5, 5.41) is 2.75. The molecular formula is C24H30F3NO. The Morgan fingerprint density at radius 2 is 1.86 bits per heavy atom. The van der Waals surface area contributed by atoms with Gasteiger partial charge in [-0.1, -0.05) is 30.3 Å². The summed E-state index contributed by atoms with van der Waals surface area (Å²) in [5.41, 5.74) is -0.0607. The molecule has 0 amide bonds. The Balaban J connectivity index is 1.48. The minimum absolute atomic E-state index is 0.0219. The van der Waals surface area contributed by atoms with Crippen LogP contribution in [-0.2, 0) is 10.2 Å². The average molecular weight is 406 g/mol. The zero-order valence-electron chi connectivity index (χ0n) is 16.9. The van der Waals surface area contributed by atoms with E-state index in [-0.39, 0.29) is 24.2 Å². The quantitative estimate of drug-likeness (QED) is 0.741. The van der Waals surface area contributed by atoms with Crippen molar-refractivity contribution in [3.05, 3.63) is 35.9 Å². The van der Waals surface area contributed by atoms with Gasteiger partial charge in [0.05, 0.1) is 13.2 Å². The number of hydrogen-bond donors (Lipinski definition) is 1. The number of ketones is 1. The predicted molar refractivity (Wildman–Crippen MR) is 106 cm³/mol. The van der Waals surface area contributed by atoms with E-state index < -0.39 is 29.3 Å². The summed E-state index contributed by atoms with van der Waals surface area (Å²) >= 11 is 0. The van der Waals surface area contributed by atoms with E-state index in [0.717, 1.165) is 25.7 Å². The molecule has 1 saturated heterocycles. The molecular weight excluding hydrogens is 375 g/mol. The van der Waals surface area contributed by atoms with Crippen molar-refractivity contribution in [2.24, 2.45) is 22.7 Å². The Hall–Kier alpha value is -1.36. The Bertz CT molecular complexity index is 799. The molecule has 5 fully saturated rings. The van der Waals surface area contributed by atoms with Gasteiger partial charge in [-0.3, -0.25) is 9.18 Å². The lowest BCUT2D eigenvalue weighted by molar-refractivity contribution is -0.167. The summed E-state index contributed by atoms with van der Waals surface area (Å²) in [6.07, 6.45) is 4.92. The monoisotopic (exact) mass is 405 g/mol. The summed E-state index contributed by atoms with van der Waals surface area (Å²) in [7, 11) is 0. The maximum absolute atomic E-state index is 14.4. The number of halogens is 3. The third kappa shape index (κ3) is 3.07. The molecule has 4 bridgehead atoms. The van der Waals surface area contributed by atoms with Crippen molar-refractivity contribution in [1.29, 1.82) is 0 Å². The number of Topliss-reactive ketones (excluding diaryl/α,β-unsaturated/α-hetero) is 1. The van der Waals surface area contributed by atoms with Crippen molar-refractivity contribution >= 4 is 5.78 Å². The Morgan fingerprint density at radius 1 is 1.07 bits per heavy atom. The highest BCUT2D eigenvalue weighted by atomic mass is 19.3. The van der Waals surface area contributed by atoms with E-state index in [0.29, 0.717) is 31.7 Å². The molecule has 3 unspecified atom stereocenters. The lowest BCUT2D eigenvalue weighted by atomic mass is 9.38. The first-order chi connectivity index (χ1) is 13.8. The van der Waals surface area contributed by atoms with Crippen LogP contribution < -0.4 is 5.32 Å². The molecule has 5 heteroatoms. The third-order valence-corrected chi connectivity index (χ3v) is 8.50. The lowest BCUT2D eigenvalue weighted by Crippen LogP contribution is -2.62. The maximum Gasteiger partial charge on any atom is 0.263 e. The Kier molecular flexibility index (Phi) is 4.44. The van der Waals surface area contributed by atoms with Crippen LogP contribution in [0.25, 0.3) is 0 Å². The molecule has 158 valence electrons. The second-order valence-electron chi connectivity index (χ2n) is 10.6. The summed E-state index contributed by atoms with van der Waals surface area (Å²) in [5.74, 6) is -3.44. The van der Waals surface area contributed by atoms with Gasteiger partial charge < -0.3 is 5.32 Å². The lowest BCUT2D eigenvalue weighted by Gasteiger charge is -2.66. The van der Waals surface area contributed by atoms with Crippen LogP contribution in [0, 0.1) is 22.7 Å². The molecule has 1 aromatic rings. The molecule has 5 atom stereocenters. The molecule has 2 nitrogen and oxygen atoms in total. The van der Waals surface area contributed by atoms with E-state index in [4.69, 9.17) is 0 Å². The largest absolute Gasteiger partial charge is 0.311 e. The zero-order chi connectivity index (χ0) is 20.3. The molecule has 0 radical (unpaired) electrons. The van der Waals surface area contributed by atoms with Crippen LogP contribution in [-0.4, -0.2) is 31.5 Å². The van der Waals surface area contributed by atoms with Gasteiger partial charge in [0.25, 0.3) is 5.92 Å². The van der Waals surface area contributed by atoms with E-state index >= 15 is 0 Å². The predicted octanol–water partition coefficient (Wildman–Crippen LogP) is 5.07. The number of piperidine rings is 1. The average Bonchev–Trinajstić information content (AvgIpc) is 2.69. The SMILES string of the molecule is O=C(CC1CCNCC1(F)F)C12CC3C[C@@](CF)(C1)C[C@](c1ccccc1)(C3)C2. The molecule has 1 N–H and O–H groups in total. The summed E-state index contributed by atoms with van der Waals surface area (Å²) in [4.78, 5) is 13.6. The first-order valence-corrected chi connectivity index (χ1v) is 11.0. The van der Waals surface area contributed by atoms with Gasteiger partial charge in [0, 0.05) is 23.2 Å². The van der Waals surface area contributed by atoms with Gasteiger partial charge in [0.15, 0.2) is 0 Å². The van der Waals surface area contributed by atoms with E-state index in [1.807, 2.05) is 18.2 Å². The molecule has 1 aromatic carbocycles. The summed E-state index contributed by atoms with van der Waals surface area (Å²) < 4.78 is 43.2. The number of rotatable bonds is 5. The third-order valence-electron chi connectivity index (χ3n) is 8.50. The van der Waals surface area contributed by atoms with Crippen LogP contribution in [0.5, 0.6) is 0 Å². The summed E-state index contributed by atoms with van der Waals surface area (Å²) in [6.45, 7) is -0.217. The number of alkyl halides is 3. The standard InChI is InChI=1S/C24H30F3NO/c25-15-21-9-17-10-22(12-21,18-4-2-1-3-5-18)14-23(11-17,13-21)20(29)8-19-6-7-28-16-24(19,26)27/h1-5,17,19,28H,6-16H2/t17?,19?,21-,22+,23?/m0/s1. The van der Waals surface area contributed by atoms with E-state index in [1.165, 1.54) is 5.56 Å². The highest BCUT2D eigenvalue weighted by Crippen LogP contribution is 2.70. The highest BCUT2D eigenvalue weighted by Gasteiger charge is 2.66. The van der Waals surface area contributed by atoms with Gasteiger partial charge in [0.2, 0.25) is 0 Å². The normalized spacial score (nSPS) is 42.7. The molecule has 0 spiro atoms. The minimum atomic E-state index is -2.84. The number of benzene rings is 1. The van der Waals surface area contributed by atoms with Crippen molar-refractivity contribution in [1.82, 2.24) is 5.32 Å². The molecule has 29 heavy (non-hydrogen) atoms. The number of hydrogen-bond acceptors (Lipinski definition) is 2. The van der Waals surface area contributed by atoms with Gasteiger partial charge in [-0.25, -0.2) is 8.78 Å². The molecule has 6 rings (SSSR count). The molecule has 1 aliphatic heterocycles. The van der Waals surface area contributed by atoms with Gasteiger partial charge in [-0.15, -0.1) is 0 Å². The van der Waals surface area contributed by atoms with Crippen LogP contribution >= 0.6 is 0 Å². The van der Waals surface area contributed by atoms with Gasteiger partial charge in [-0.2, -0.15) is 0 Å². The summed E-state index contributed by atoms with van der Waals surface area (Å²) in [6, 6.07) is 10.2. The van der Waals surface area contributed by atoms with Crippen molar-refractivity contribution in [2.75, 3.05) is 19.8 Å². The van der Waals surface area contributed by atoms with Crippen LogP contribution in [0.15, 0.2) is 30.3 Å². The van der Waals surface area contributed by atoms with Crippen molar-refractivity contribution < 1.29 is 18.0 Å². The van der Waals surface area contributed by atoms with Gasteiger partial charge >= 0.3 is 0 Å². The Morgan fingerprint density at radius 3 is 2.59 bits per heavy atom. The fourth-order valence-corrected chi connectivity index (χ4v) is 7.79. The smallest absolute Gasteiger partial charge is 0.263 e. The second-order valence-corrected chi connectivity index (χ2v) is 10.6. The molecule has 4 saturated carbocycles.